The number of nitrogens with one attached hydrogen (secondary N) is 1. The Kier molecular flexibility index (Phi) is 5.04. The molecule has 0 aliphatic heterocycles. The van der Waals surface area contributed by atoms with Crippen molar-refractivity contribution in [3.63, 3.8) is 0 Å². The maximum Gasteiger partial charge on any atom is 0.129 e. The molecule has 1 atom stereocenters. The smallest absolute Gasteiger partial charge is 0.129 e. The molecule has 2 N–H and O–H groups in total. The van der Waals surface area contributed by atoms with Crippen molar-refractivity contribution in [1.82, 2.24) is 9.97 Å². The SMILES string of the molecule is CCCCc1cc(NC[C@@H](C)O)ncn1. The molecule has 15 heavy (non-hydrogen) atoms. The fourth-order valence-corrected chi connectivity index (χ4v) is 1.24. The van der Waals surface area contributed by atoms with Crippen LogP contribution in [0.25, 0.3) is 0 Å². The average molecular weight is 209 g/mol. The van der Waals surface area contributed by atoms with E-state index in [1.165, 1.54) is 6.42 Å². The van der Waals surface area contributed by atoms with E-state index in [1.807, 2.05) is 6.07 Å². The lowest BCUT2D eigenvalue weighted by Gasteiger charge is -2.08. The van der Waals surface area contributed by atoms with E-state index in [0.29, 0.717) is 6.54 Å². The zero-order chi connectivity index (χ0) is 11.1. The first kappa shape index (κ1) is 11.9. The molecule has 0 saturated heterocycles. The van der Waals surface area contributed by atoms with E-state index in [9.17, 15) is 0 Å². The van der Waals surface area contributed by atoms with Crippen LogP contribution in [0.15, 0.2) is 12.4 Å². The minimum atomic E-state index is -0.362. The highest BCUT2D eigenvalue weighted by molar-refractivity contribution is 5.34. The standard InChI is InChI=1S/C11H19N3O/c1-3-4-5-10-6-11(14-8-13-10)12-7-9(2)15/h6,8-9,15H,3-5,7H2,1-2H3,(H,12,13,14)/t9-/m1/s1. The molecule has 1 aromatic rings. The van der Waals surface area contributed by atoms with E-state index in [1.54, 1.807) is 13.3 Å². The number of hydrogen-bond acceptors (Lipinski definition) is 4. The van der Waals surface area contributed by atoms with Gasteiger partial charge in [-0.2, -0.15) is 0 Å². The van der Waals surface area contributed by atoms with Gasteiger partial charge >= 0.3 is 0 Å². The summed E-state index contributed by atoms with van der Waals surface area (Å²) in [6.45, 7) is 4.42. The van der Waals surface area contributed by atoms with Gasteiger partial charge in [0.05, 0.1) is 6.10 Å². The van der Waals surface area contributed by atoms with Crippen LogP contribution in [0.4, 0.5) is 5.82 Å². The summed E-state index contributed by atoms with van der Waals surface area (Å²) in [4.78, 5) is 8.28. The molecule has 4 heteroatoms. The van der Waals surface area contributed by atoms with Gasteiger partial charge in [0.1, 0.15) is 12.1 Å². The van der Waals surface area contributed by atoms with Crippen LogP contribution >= 0.6 is 0 Å². The highest BCUT2D eigenvalue weighted by Gasteiger charge is 1.99. The average Bonchev–Trinajstić information content (AvgIpc) is 2.24. The van der Waals surface area contributed by atoms with Crippen molar-refractivity contribution in [2.24, 2.45) is 0 Å². The molecule has 0 unspecified atom stereocenters. The largest absolute Gasteiger partial charge is 0.392 e. The van der Waals surface area contributed by atoms with Crippen LogP contribution < -0.4 is 5.32 Å². The molecule has 84 valence electrons. The van der Waals surface area contributed by atoms with Crippen LogP contribution in [0.2, 0.25) is 0 Å². The Morgan fingerprint density at radius 1 is 1.47 bits per heavy atom. The number of anilines is 1. The number of hydrogen-bond donors (Lipinski definition) is 2. The number of aryl methyl sites for hydroxylation is 1. The van der Waals surface area contributed by atoms with Gasteiger partial charge < -0.3 is 10.4 Å². The zero-order valence-corrected chi connectivity index (χ0v) is 9.40. The molecule has 0 aliphatic carbocycles. The third-order valence-electron chi connectivity index (χ3n) is 2.09. The Labute approximate surface area is 90.8 Å². The summed E-state index contributed by atoms with van der Waals surface area (Å²) >= 11 is 0. The second kappa shape index (κ2) is 6.35. The van der Waals surface area contributed by atoms with Crippen molar-refractivity contribution in [3.05, 3.63) is 18.1 Å². The van der Waals surface area contributed by atoms with Gasteiger partial charge in [-0.25, -0.2) is 9.97 Å². The Hall–Kier alpha value is -1.16. The molecule has 0 fully saturated rings. The normalized spacial score (nSPS) is 12.5. The van der Waals surface area contributed by atoms with Gasteiger partial charge in [-0.3, -0.25) is 0 Å². The number of aliphatic hydroxyl groups excluding tert-OH is 1. The van der Waals surface area contributed by atoms with Crippen LogP contribution in [0.5, 0.6) is 0 Å². The zero-order valence-electron chi connectivity index (χ0n) is 9.40. The molecule has 0 amide bonds. The summed E-state index contributed by atoms with van der Waals surface area (Å²) < 4.78 is 0. The Morgan fingerprint density at radius 2 is 2.27 bits per heavy atom. The van der Waals surface area contributed by atoms with Crippen molar-refractivity contribution >= 4 is 5.82 Å². The maximum absolute atomic E-state index is 9.12. The van der Waals surface area contributed by atoms with Gasteiger partial charge in [-0.15, -0.1) is 0 Å². The highest BCUT2D eigenvalue weighted by Crippen LogP contribution is 2.06. The van der Waals surface area contributed by atoms with Gasteiger partial charge in [0.15, 0.2) is 0 Å². The minimum absolute atomic E-state index is 0.362. The quantitative estimate of drug-likeness (QED) is 0.747. The van der Waals surface area contributed by atoms with E-state index in [4.69, 9.17) is 5.11 Å². The lowest BCUT2D eigenvalue weighted by atomic mass is 10.2. The van der Waals surface area contributed by atoms with Gasteiger partial charge in [0.25, 0.3) is 0 Å². The Bertz CT molecular complexity index is 289. The van der Waals surface area contributed by atoms with Crippen molar-refractivity contribution < 1.29 is 5.11 Å². The summed E-state index contributed by atoms with van der Waals surface area (Å²) in [7, 11) is 0. The van der Waals surface area contributed by atoms with Crippen LogP contribution in [-0.2, 0) is 6.42 Å². The first-order valence-electron chi connectivity index (χ1n) is 5.45. The van der Waals surface area contributed by atoms with E-state index in [0.717, 1.165) is 24.4 Å². The van der Waals surface area contributed by atoms with Crippen molar-refractivity contribution in [3.8, 4) is 0 Å². The number of unbranched alkanes of at least 4 members (excludes halogenated alkanes) is 1. The fraction of sp³-hybridized carbons (Fsp3) is 0.636. The van der Waals surface area contributed by atoms with E-state index in [-0.39, 0.29) is 6.10 Å². The van der Waals surface area contributed by atoms with Crippen molar-refractivity contribution in [2.75, 3.05) is 11.9 Å². The second-order valence-corrected chi connectivity index (χ2v) is 3.73. The van der Waals surface area contributed by atoms with Gasteiger partial charge in [0.2, 0.25) is 0 Å². The monoisotopic (exact) mass is 209 g/mol. The molecule has 0 bridgehead atoms. The second-order valence-electron chi connectivity index (χ2n) is 3.73. The summed E-state index contributed by atoms with van der Waals surface area (Å²) in [6, 6.07) is 1.94. The summed E-state index contributed by atoms with van der Waals surface area (Å²) in [5.41, 5.74) is 1.06. The molecule has 0 saturated carbocycles. The third kappa shape index (κ3) is 4.74. The molecule has 0 spiro atoms. The summed E-state index contributed by atoms with van der Waals surface area (Å²) in [5.74, 6) is 0.789. The molecule has 0 aliphatic rings. The Balaban J connectivity index is 2.50. The molecule has 0 aromatic carbocycles. The van der Waals surface area contributed by atoms with E-state index in [2.05, 4.69) is 22.2 Å². The minimum Gasteiger partial charge on any atom is -0.392 e. The number of aliphatic hydroxyl groups is 1. The van der Waals surface area contributed by atoms with E-state index >= 15 is 0 Å². The molecular formula is C11H19N3O. The topological polar surface area (TPSA) is 58.0 Å². The lowest BCUT2D eigenvalue weighted by Crippen LogP contribution is -2.16. The number of rotatable bonds is 6. The predicted molar refractivity (Wildman–Crippen MR) is 60.8 cm³/mol. The van der Waals surface area contributed by atoms with E-state index < -0.39 is 0 Å². The molecule has 1 aromatic heterocycles. The van der Waals surface area contributed by atoms with Gasteiger partial charge in [-0.1, -0.05) is 13.3 Å². The summed E-state index contributed by atoms with van der Waals surface area (Å²) in [5, 5.41) is 12.2. The van der Waals surface area contributed by atoms with Crippen LogP contribution in [0.1, 0.15) is 32.4 Å². The lowest BCUT2D eigenvalue weighted by molar-refractivity contribution is 0.208. The first-order chi connectivity index (χ1) is 7.22. The molecule has 4 nitrogen and oxygen atoms in total. The third-order valence-corrected chi connectivity index (χ3v) is 2.09. The summed E-state index contributed by atoms with van der Waals surface area (Å²) in [6.07, 6.45) is 4.50. The highest BCUT2D eigenvalue weighted by atomic mass is 16.3. The van der Waals surface area contributed by atoms with Crippen LogP contribution in [0.3, 0.4) is 0 Å². The molecule has 0 radical (unpaired) electrons. The van der Waals surface area contributed by atoms with Gasteiger partial charge in [-0.05, 0) is 19.8 Å². The number of nitrogens with zero attached hydrogens (tertiary/aromatic N) is 2. The maximum atomic E-state index is 9.12. The predicted octanol–water partition coefficient (Wildman–Crippen LogP) is 1.61. The number of aromatic nitrogens is 2. The Morgan fingerprint density at radius 3 is 2.93 bits per heavy atom. The fourth-order valence-electron chi connectivity index (χ4n) is 1.24. The van der Waals surface area contributed by atoms with Crippen molar-refractivity contribution in [2.45, 2.75) is 39.2 Å². The molecule has 1 rings (SSSR count). The van der Waals surface area contributed by atoms with Gasteiger partial charge in [0, 0.05) is 18.3 Å². The first-order valence-corrected chi connectivity index (χ1v) is 5.45. The van der Waals surface area contributed by atoms with Crippen LogP contribution in [-0.4, -0.2) is 27.7 Å². The molecular weight excluding hydrogens is 190 g/mol. The molecule has 1 heterocycles. The van der Waals surface area contributed by atoms with Crippen molar-refractivity contribution in [1.29, 1.82) is 0 Å². The van der Waals surface area contributed by atoms with Crippen LogP contribution in [0, 0.1) is 0 Å².